The van der Waals surface area contributed by atoms with Crippen molar-refractivity contribution in [1.29, 1.82) is 0 Å². The van der Waals surface area contributed by atoms with E-state index in [2.05, 4.69) is 10.3 Å². The number of hydrogen-bond acceptors (Lipinski definition) is 4. The van der Waals surface area contributed by atoms with Crippen molar-refractivity contribution in [1.82, 2.24) is 4.98 Å². The maximum atomic E-state index is 12.3. The van der Waals surface area contributed by atoms with Crippen LogP contribution in [0, 0.1) is 0 Å². The van der Waals surface area contributed by atoms with E-state index in [1.54, 1.807) is 24.3 Å². The fourth-order valence-corrected chi connectivity index (χ4v) is 2.91. The molecule has 1 aromatic heterocycles. The molecule has 0 saturated carbocycles. The molecular formula is C19H14N2O4. The van der Waals surface area contributed by atoms with Crippen LogP contribution in [-0.4, -0.2) is 28.6 Å². The van der Waals surface area contributed by atoms with Crippen LogP contribution in [0.4, 0.5) is 5.69 Å². The average molecular weight is 334 g/mol. The van der Waals surface area contributed by atoms with Gasteiger partial charge in [-0.1, -0.05) is 18.2 Å². The molecular weight excluding hydrogens is 320 g/mol. The Bertz CT molecular complexity index is 1030. The lowest BCUT2D eigenvalue weighted by molar-refractivity contribution is -0.137. The summed E-state index contributed by atoms with van der Waals surface area (Å²) in [5, 5.41) is 12.6. The molecule has 1 amide bonds. The number of anilines is 1. The summed E-state index contributed by atoms with van der Waals surface area (Å²) in [4.78, 5) is 26.8. The van der Waals surface area contributed by atoms with Gasteiger partial charge in [0.15, 0.2) is 0 Å². The van der Waals surface area contributed by atoms with Crippen molar-refractivity contribution in [2.75, 3.05) is 11.9 Å². The molecule has 0 aliphatic carbocycles. The third kappa shape index (κ3) is 2.68. The van der Waals surface area contributed by atoms with Crippen molar-refractivity contribution >= 4 is 40.1 Å². The van der Waals surface area contributed by atoms with E-state index in [0.717, 1.165) is 16.5 Å². The fourth-order valence-electron chi connectivity index (χ4n) is 2.91. The van der Waals surface area contributed by atoms with Gasteiger partial charge in [0.1, 0.15) is 12.4 Å². The first kappa shape index (κ1) is 15.2. The standard InChI is InChI=1S/C19H14N2O4/c22-10-18(23)25-12-5-6-17-14(8-12)15(19(24)21-17)7-11-9-20-16-4-2-1-3-13(11)16/h1-9,20,22H,10H2,(H,21,24)/b15-7+. The number of ether oxygens (including phenoxy) is 1. The van der Waals surface area contributed by atoms with E-state index < -0.39 is 12.6 Å². The van der Waals surface area contributed by atoms with Crippen molar-refractivity contribution in [3.05, 3.63) is 59.8 Å². The lowest BCUT2D eigenvalue weighted by atomic mass is 10.0. The molecule has 0 spiro atoms. The summed E-state index contributed by atoms with van der Waals surface area (Å²) in [6.45, 7) is -0.702. The zero-order valence-electron chi connectivity index (χ0n) is 13.1. The molecule has 1 aliphatic rings. The van der Waals surface area contributed by atoms with Crippen LogP contribution in [-0.2, 0) is 9.59 Å². The zero-order valence-corrected chi connectivity index (χ0v) is 13.1. The average Bonchev–Trinajstić information content (AvgIpc) is 3.17. The number of para-hydroxylation sites is 1. The van der Waals surface area contributed by atoms with Gasteiger partial charge in [-0.05, 0) is 30.3 Å². The van der Waals surface area contributed by atoms with Crippen molar-refractivity contribution in [3.63, 3.8) is 0 Å². The minimum atomic E-state index is -0.751. The van der Waals surface area contributed by atoms with Gasteiger partial charge in [0.25, 0.3) is 5.91 Å². The smallest absolute Gasteiger partial charge is 0.337 e. The van der Waals surface area contributed by atoms with Gasteiger partial charge < -0.3 is 20.1 Å². The molecule has 2 heterocycles. The van der Waals surface area contributed by atoms with Crippen LogP contribution >= 0.6 is 0 Å². The largest absolute Gasteiger partial charge is 0.425 e. The van der Waals surface area contributed by atoms with Gasteiger partial charge in [0.2, 0.25) is 0 Å². The Morgan fingerprint density at radius 1 is 1.20 bits per heavy atom. The summed E-state index contributed by atoms with van der Waals surface area (Å²) in [5.74, 6) is -0.690. The number of H-pyrrole nitrogens is 1. The first-order chi connectivity index (χ1) is 12.2. The molecule has 6 heteroatoms. The summed E-state index contributed by atoms with van der Waals surface area (Å²) >= 11 is 0. The third-order valence-corrected chi connectivity index (χ3v) is 4.06. The number of carbonyl (C=O) groups is 2. The highest BCUT2D eigenvalue weighted by Gasteiger charge is 2.25. The number of aromatic amines is 1. The Kier molecular flexibility index (Phi) is 3.59. The summed E-state index contributed by atoms with van der Waals surface area (Å²) < 4.78 is 5.02. The van der Waals surface area contributed by atoms with Gasteiger partial charge in [-0.3, -0.25) is 4.79 Å². The van der Waals surface area contributed by atoms with E-state index in [4.69, 9.17) is 9.84 Å². The number of rotatable bonds is 3. The molecule has 3 N–H and O–H groups in total. The Balaban J connectivity index is 1.78. The molecule has 0 unspecified atom stereocenters. The third-order valence-electron chi connectivity index (χ3n) is 4.06. The van der Waals surface area contributed by atoms with Crippen molar-refractivity contribution in [3.8, 4) is 5.75 Å². The van der Waals surface area contributed by atoms with Crippen molar-refractivity contribution in [2.24, 2.45) is 0 Å². The minimum absolute atomic E-state index is 0.217. The maximum Gasteiger partial charge on any atom is 0.337 e. The number of aliphatic hydroxyl groups excluding tert-OH is 1. The number of hydrogen-bond donors (Lipinski definition) is 3. The minimum Gasteiger partial charge on any atom is -0.425 e. The molecule has 0 fully saturated rings. The van der Waals surface area contributed by atoms with Gasteiger partial charge in [-0.25, -0.2) is 4.79 Å². The quantitative estimate of drug-likeness (QED) is 0.390. The number of aromatic nitrogens is 1. The molecule has 0 bridgehead atoms. The maximum absolute atomic E-state index is 12.3. The summed E-state index contributed by atoms with van der Waals surface area (Å²) in [6.07, 6.45) is 3.65. The fraction of sp³-hybridized carbons (Fsp3) is 0.0526. The summed E-state index contributed by atoms with van der Waals surface area (Å²) in [5.41, 5.74) is 3.67. The number of benzene rings is 2. The Morgan fingerprint density at radius 2 is 2.04 bits per heavy atom. The molecule has 6 nitrogen and oxygen atoms in total. The van der Waals surface area contributed by atoms with Crippen LogP contribution in [0.2, 0.25) is 0 Å². The van der Waals surface area contributed by atoms with Gasteiger partial charge in [-0.15, -0.1) is 0 Å². The number of nitrogens with one attached hydrogen (secondary N) is 2. The zero-order chi connectivity index (χ0) is 17.4. The molecule has 0 saturated heterocycles. The Labute approximate surface area is 142 Å². The van der Waals surface area contributed by atoms with E-state index in [1.807, 2.05) is 30.5 Å². The van der Waals surface area contributed by atoms with Gasteiger partial charge in [0.05, 0.1) is 0 Å². The van der Waals surface area contributed by atoms with Crippen molar-refractivity contribution < 1.29 is 19.4 Å². The number of aliphatic hydroxyl groups is 1. The summed E-state index contributed by atoms with van der Waals surface area (Å²) in [6, 6.07) is 12.7. The second kappa shape index (κ2) is 5.92. The second-order valence-electron chi connectivity index (χ2n) is 5.64. The van der Waals surface area contributed by atoms with Crippen LogP contribution in [0.25, 0.3) is 22.6 Å². The van der Waals surface area contributed by atoms with Gasteiger partial charge in [0, 0.05) is 39.5 Å². The molecule has 0 radical (unpaired) electrons. The van der Waals surface area contributed by atoms with Crippen molar-refractivity contribution in [2.45, 2.75) is 0 Å². The molecule has 1 aliphatic heterocycles. The Hall–Kier alpha value is -3.38. The molecule has 3 aromatic rings. The van der Waals surface area contributed by atoms with E-state index >= 15 is 0 Å². The SMILES string of the molecule is O=C(CO)Oc1ccc2c(c1)/C(=C\c1c[nH]c3ccccc13)C(=O)N2. The lowest BCUT2D eigenvalue weighted by Gasteiger charge is -2.05. The van der Waals surface area contributed by atoms with Gasteiger partial charge >= 0.3 is 5.97 Å². The first-order valence-corrected chi connectivity index (χ1v) is 7.71. The first-order valence-electron chi connectivity index (χ1n) is 7.71. The van der Waals surface area contributed by atoms with Crippen LogP contribution in [0.3, 0.4) is 0 Å². The highest BCUT2D eigenvalue weighted by atomic mass is 16.5. The number of esters is 1. The predicted octanol–water partition coefficient (Wildman–Crippen LogP) is 2.56. The lowest BCUT2D eigenvalue weighted by Crippen LogP contribution is -2.12. The molecule has 25 heavy (non-hydrogen) atoms. The number of carbonyl (C=O) groups excluding carboxylic acids is 2. The number of fused-ring (bicyclic) bond motifs is 2. The highest BCUT2D eigenvalue weighted by Crippen LogP contribution is 2.36. The van der Waals surface area contributed by atoms with Crippen LogP contribution in [0.5, 0.6) is 5.75 Å². The predicted molar refractivity (Wildman–Crippen MR) is 94.0 cm³/mol. The van der Waals surface area contributed by atoms with E-state index in [-0.39, 0.29) is 11.7 Å². The van der Waals surface area contributed by atoms with E-state index in [9.17, 15) is 9.59 Å². The molecule has 4 rings (SSSR count). The van der Waals surface area contributed by atoms with E-state index in [0.29, 0.717) is 16.8 Å². The van der Waals surface area contributed by atoms with Crippen LogP contribution in [0.15, 0.2) is 48.7 Å². The van der Waals surface area contributed by atoms with E-state index in [1.165, 1.54) is 0 Å². The Morgan fingerprint density at radius 3 is 2.88 bits per heavy atom. The second-order valence-corrected chi connectivity index (χ2v) is 5.64. The van der Waals surface area contributed by atoms with Crippen LogP contribution < -0.4 is 10.1 Å². The topological polar surface area (TPSA) is 91.4 Å². The molecule has 124 valence electrons. The number of amides is 1. The van der Waals surface area contributed by atoms with Crippen LogP contribution in [0.1, 0.15) is 11.1 Å². The summed E-state index contributed by atoms with van der Waals surface area (Å²) in [7, 11) is 0. The molecule has 0 atom stereocenters. The normalized spacial score (nSPS) is 14.6. The van der Waals surface area contributed by atoms with Gasteiger partial charge in [-0.2, -0.15) is 0 Å². The molecule has 2 aromatic carbocycles. The monoisotopic (exact) mass is 334 g/mol. The highest BCUT2D eigenvalue weighted by molar-refractivity contribution is 6.35.